The molecule has 0 bridgehead atoms. The molecule has 0 heterocycles. The van der Waals surface area contributed by atoms with Crippen LogP contribution in [0.2, 0.25) is 0 Å². The van der Waals surface area contributed by atoms with Crippen LogP contribution in [0.5, 0.6) is 5.75 Å². The molecule has 1 aromatic carbocycles. The lowest BCUT2D eigenvalue weighted by atomic mass is 9.71. The van der Waals surface area contributed by atoms with Crippen LogP contribution in [-0.2, 0) is 5.60 Å². The van der Waals surface area contributed by atoms with Gasteiger partial charge < -0.3 is 38.3 Å². The van der Waals surface area contributed by atoms with E-state index < -0.39 is 5.60 Å². The second-order valence-corrected chi connectivity index (χ2v) is 7.03. The van der Waals surface area contributed by atoms with Gasteiger partial charge in [0.15, 0.2) is 0 Å². The fourth-order valence-corrected chi connectivity index (χ4v) is 3.47. The molecule has 3 nitrogen and oxygen atoms in total. The van der Waals surface area contributed by atoms with Gasteiger partial charge in [-0.3, -0.25) is 0 Å². The molecule has 2 rings (SSSR count). The standard InChI is InChI=1S/C18H30NO2.HI/c1-5-19(2,3)14-16-9-6-7-12-18(16,20)15-10-8-11-17(13-15)21-4;/h8,10-11,13,16,20H,5-7,9,12,14H2,1-4H3;1H/q+1;/p-1/t16-,18?;/m1./s1. The second kappa shape index (κ2) is 7.97. The quantitative estimate of drug-likeness (QED) is 0.545. The van der Waals surface area contributed by atoms with Crippen LogP contribution in [0.1, 0.15) is 38.2 Å². The first-order valence-electron chi connectivity index (χ1n) is 8.10. The van der Waals surface area contributed by atoms with E-state index in [-0.39, 0.29) is 24.0 Å². The lowest BCUT2D eigenvalue weighted by Gasteiger charge is -2.44. The molecule has 0 aliphatic heterocycles. The average Bonchev–Trinajstić information content (AvgIpc) is 2.49. The summed E-state index contributed by atoms with van der Waals surface area (Å²) in [4.78, 5) is 0. The summed E-state index contributed by atoms with van der Waals surface area (Å²) in [6.07, 6.45) is 4.29. The minimum Gasteiger partial charge on any atom is -1.00 e. The fraction of sp³-hybridized carbons (Fsp3) is 0.667. The summed E-state index contributed by atoms with van der Waals surface area (Å²) in [7, 11) is 6.18. The van der Waals surface area contributed by atoms with Crippen LogP contribution in [0, 0.1) is 5.92 Å². The lowest BCUT2D eigenvalue weighted by Crippen LogP contribution is -3.00. The van der Waals surface area contributed by atoms with E-state index in [0.29, 0.717) is 5.92 Å². The minimum absolute atomic E-state index is 0. The zero-order valence-corrected chi connectivity index (χ0v) is 16.5. The van der Waals surface area contributed by atoms with E-state index in [4.69, 9.17) is 4.74 Å². The van der Waals surface area contributed by atoms with Crippen molar-refractivity contribution in [3.63, 3.8) is 0 Å². The van der Waals surface area contributed by atoms with Crippen molar-refractivity contribution < 1.29 is 38.3 Å². The van der Waals surface area contributed by atoms with Crippen LogP contribution >= 0.6 is 0 Å². The van der Waals surface area contributed by atoms with Crippen LogP contribution in [-0.4, -0.2) is 43.9 Å². The number of quaternary nitrogens is 1. The molecule has 1 saturated carbocycles. The number of aliphatic hydroxyl groups is 1. The monoisotopic (exact) mass is 419 g/mol. The summed E-state index contributed by atoms with van der Waals surface area (Å²) in [6, 6.07) is 7.98. The van der Waals surface area contributed by atoms with Crippen molar-refractivity contribution in [2.45, 2.75) is 38.2 Å². The number of methoxy groups -OCH3 is 1. The largest absolute Gasteiger partial charge is 1.00 e. The molecule has 1 fully saturated rings. The van der Waals surface area contributed by atoms with Gasteiger partial charge in [0.25, 0.3) is 0 Å². The molecule has 0 aromatic heterocycles. The van der Waals surface area contributed by atoms with E-state index in [1.54, 1.807) is 7.11 Å². The van der Waals surface area contributed by atoms with Crippen molar-refractivity contribution >= 4 is 0 Å². The van der Waals surface area contributed by atoms with Crippen molar-refractivity contribution in [1.29, 1.82) is 0 Å². The van der Waals surface area contributed by atoms with Gasteiger partial charge >= 0.3 is 0 Å². The maximum absolute atomic E-state index is 11.4. The Bertz CT molecular complexity index is 478. The van der Waals surface area contributed by atoms with Crippen LogP contribution in [0.15, 0.2) is 24.3 Å². The molecule has 1 N–H and O–H groups in total. The number of halogens is 1. The molecule has 0 spiro atoms. The molecule has 1 unspecified atom stereocenters. The normalized spacial score (nSPS) is 25.4. The average molecular weight is 419 g/mol. The number of nitrogens with zero attached hydrogens (tertiary/aromatic N) is 1. The summed E-state index contributed by atoms with van der Waals surface area (Å²) in [5.41, 5.74) is 0.306. The number of hydrogen-bond donors (Lipinski definition) is 1. The van der Waals surface area contributed by atoms with Crippen LogP contribution in [0.3, 0.4) is 0 Å². The second-order valence-electron chi connectivity index (χ2n) is 7.03. The highest BCUT2D eigenvalue weighted by molar-refractivity contribution is 5.33. The van der Waals surface area contributed by atoms with E-state index in [0.717, 1.165) is 48.1 Å². The van der Waals surface area contributed by atoms with Crippen molar-refractivity contribution in [2.75, 3.05) is 34.3 Å². The zero-order chi connectivity index (χ0) is 15.5. The van der Waals surface area contributed by atoms with Gasteiger partial charge in [-0.1, -0.05) is 25.0 Å². The third-order valence-electron chi connectivity index (χ3n) is 5.18. The first-order valence-corrected chi connectivity index (χ1v) is 8.10. The van der Waals surface area contributed by atoms with Crippen molar-refractivity contribution in [2.24, 2.45) is 5.92 Å². The highest BCUT2D eigenvalue weighted by Crippen LogP contribution is 2.43. The Balaban J connectivity index is 0.00000242. The molecule has 1 aliphatic carbocycles. The molecule has 4 heteroatoms. The minimum atomic E-state index is -0.711. The number of ether oxygens (including phenoxy) is 1. The Kier molecular flexibility index (Phi) is 7.15. The predicted octanol–water partition coefficient (Wildman–Crippen LogP) is 0.173. The van der Waals surface area contributed by atoms with Crippen molar-refractivity contribution in [3.8, 4) is 5.75 Å². The summed E-state index contributed by atoms with van der Waals surface area (Å²) in [5.74, 6) is 1.14. The molecule has 1 aromatic rings. The van der Waals surface area contributed by atoms with Gasteiger partial charge in [-0.05, 0) is 37.5 Å². The molecule has 1 aliphatic rings. The maximum atomic E-state index is 11.4. The Morgan fingerprint density at radius 1 is 1.32 bits per heavy atom. The predicted molar refractivity (Wildman–Crippen MR) is 86.4 cm³/mol. The topological polar surface area (TPSA) is 29.5 Å². The van der Waals surface area contributed by atoms with Gasteiger partial charge in [0.2, 0.25) is 0 Å². The molecular weight excluding hydrogens is 389 g/mol. The van der Waals surface area contributed by atoms with E-state index >= 15 is 0 Å². The molecule has 0 saturated heterocycles. The van der Waals surface area contributed by atoms with Gasteiger partial charge in [0.05, 0.1) is 39.9 Å². The Morgan fingerprint density at radius 2 is 2.05 bits per heavy atom. The molecule has 2 atom stereocenters. The third kappa shape index (κ3) is 4.36. The zero-order valence-electron chi connectivity index (χ0n) is 14.3. The van der Waals surface area contributed by atoms with Crippen molar-refractivity contribution in [3.05, 3.63) is 29.8 Å². The molecule has 126 valence electrons. The van der Waals surface area contributed by atoms with Crippen LogP contribution in [0.25, 0.3) is 0 Å². The molecule has 22 heavy (non-hydrogen) atoms. The maximum Gasteiger partial charge on any atom is 0.119 e. The first-order chi connectivity index (χ1) is 9.91. The summed E-state index contributed by atoms with van der Waals surface area (Å²) in [5, 5.41) is 11.4. The number of rotatable bonds is 5. The van der Waals surface area contributed by atoms with E-state index in [2.05, 4.69) is 21.0 Å². The summed E-state index contributed by atoms with van der Waals surface area (Å²) >= 11 is 0. The van der Waals surface area contributed by atoms with E-state index in [9.17, 15) is 5.11 Å². The SMILES string of the molecule is CC[N+](C)(C)C[C@H]1CCCCC1(O)c1cccc(OC)c1.[I-]. The van der Waals surface area contributed by atoms with Gasteiger partial charge in [0.1, 0.15) is 5.75 Å². The van der Waals surface area contributed by atoms with E-state index in [1.165, 1.54) is 6.42 Å². The first kappa shape index (κ1) is 19.7. The lowest BCUT2D eigenvalue weighted by molar-refractivity contribution is -0.893. The van der Waals surface area contributed by atoms with Crippen LogP contribution < -0.4 is 28.7 Å². The number of hydrogen-bond acceptors (Lipinski definition) is 2. The fourth-order valence-electron chi connectivity index (χ4n) is 3.47. The van der Waals surface area contributed by atoms with Crippen LogP contribution in [0.4, 0.5) is 0 Å². The van der Waals surface area contributed by atoms with Gasteiger partial charge in [0, 0.05) is 5.92 Å². The Morgan fingerprint density at radius 3 is 2.68 bits per heavy atom. The summed E-state index contributed by atoms with van der Waals surface area (Å²) in [6.45, 7) is 4.32. The molecular formula is C18H30INO2. The molecule has 0 radical (unpaired) electrons. The third-order valence-corrected chi connectivity index (χ3v) is 5.18. The van der Waals surface area contributed by atoms with E-state index in [1.807, 2.05) is 24.3 Å². The molecule has 0 amide bonds. The summed E-state index contributed by atoms with van der Waals surface area (Å²) < 4.78 is 6.29. The van der Waals surface area contributed by atoms with Gasteiger partial charge in [-0.2, -0.15) is 0 Å². The Labute approximate surface area is 152 Å². The highest BCUT2D eigenvalue weighted by Gasteiger charge is 2.43. The highest BCUT2D eigenvalue weighted by atomic mass is 127. The smallest absolute Gasteiger partial charge is 0.119 e. The number of benzene rings is 1. The van der Waals surface area contributed by atoms with Gasteiger partial charge in [-0.25, -0.2) is 0 Å². The Hall–Kier alpha value is -0.330. The van der Waals surface area contributed by atoms with Crippen molar-refractivity contribution in [1.82, 2.24) is 0 Å². The van der Waals surface area contributed by atoms with Gasteiger partial charge in [-0.15, -0.1) is 0 Å².